The maximum absolute atomic E-state index is 13.0. The van der Waals surface area contributed by atoms with Crippen LogP contribution in [-0.4, -0.2) is 18.6 Å². The number of carbonyl (C=O) groups is 1. The molecule has 0 aromatic heterocycles. The summed E-state index contributed by atoms with van der Waals surface area (Å²) >= 11 is 0. The summed E-state index contributed by atoms with van der Waals surface area (Å²) in [7, 11) is 0. The van der Waals surface area contributed by atoms with Gasteiger partial charge < -0.3 is 4.90 Å². The molecular weight excluding hydrogens is 360 g/mol. The van der Waals surface area contributed by atoms with Gasteiger partial charge in [0, 0.05) is 18.2 Å². The fourth-order valence-corrected chi connectivity index (χ4v) is 3.93. The van der Waals surface area contributed by atoms with Crippen molar-refractivity contribution in [1.29, 1.82) is 0 Å². The van der Waals surface area contributed by atoms with Gasteiger partial charge in [0.05, 0.1) is 11.5 Å². The molecule has 0 radical (unpaired) electrons. The topological polar surface area (TPSA) is 20.3 Å². The SMILES string of the molecule is O=C(C1CCCC(C(F)(F)F)C1)N1CCCc2cc(C(F)(F)F)ccc21. The predicted octanol–water partition coefficient (Wildman–Crippen LogP) is 5.35. The Balaban J connectivity index is 1.82. The van der Waals surface area contributed by atoms with Crippen molar-refractivity contribution in [2.75, 3.05) is 11.4 Å². The molecule has 2 aliphatic rings. The number of fused-ring (bicyclic) bond motifs is 1. The van der Waals surface area contributed by atoms with Crippen molar-refractivity contribution in [3.05, 3.63) is 29.3 Å². The molecule has 0 bridgehead atoms. The standard InChI is InChI=1S/C18H19F6NO/c19-17(20,21)13-5-1-3-12(10-13)16(26)25-8-2-4-11-9-14(18(22,23)24)6-7-15(11)25/h6-7,9,12-13H,1-5,8,10H2. The number of carbonyl (C=O) groups excluding carboxylic acids is 1. The Morgan fingerprint density at radius 1 is 1.04 bits per heavy atom. The Bertz CT molecular complexity index is 681. The van der Waals surface area contributed by atoms with Gasteiger partial charge in [0.1, 0.15) is 0 Å². The van der Waals surface area contributed by atoms with Crippen LogP contribution < -0.4 is 4.90 Å². The zero-order valence-corrected chi connectivity index (χ0v) is 14.0. The minimum absolute atomic E-state index is 0.0266. The summed E-state index contributed by atoms with van der Waals surface area (Å²) in [5.74, 6) is -2.62. The molecule has 2 nitrogen and oxygen atoms in total. The average Bonchev–Trinajstić information content (AvgIpc) is 2.58. The lowest BCUT2D eigenvalue weighted by Gasteiger charge is -2.36. The fraction of sp³-hybridized carbons (Fsp3) is 0.611. The van der Waals surface area contributed by atoms with Crippen molar-refractivity contribution in [3.63, 3.8) is 0 Å². The minimum atomic E-state index is -4.47. The van der Waals surface area contributed by atoms with Gasteiger partial charge in [-0.25, -0.2) is 0 Å². The van der Waals surface area contributed by atoms with Gasteiger partial charge in [-0.2, -0.15) is 26.3 Å². The molecule has 1 aliphatic carbocycles. The summed E-state index contributed by atoms with van der Waals surface area (Å²) in [6.45, 7) is 0.324. The highest BCUT2D eigenvalue weighted by molar-refractivity contribution is 5.96. The highest BCUT2D eigenvalue weighted by Gasteiger charge is 2.44. The third kappa shape index (κ3) is 3.83. The molecule has 0 saturated heterocycles. The maximum Gasteiger partial charge on any atom is 0.416 e. The van der Waals surface area contributed by atoms with Crippen LogP contribution in [0.3, 0.4) is 0 Å². The maximum atomic E-state index is 13.0. The van der Waals surface area contributed by atoms with Gasteiger partial charge in [-0.1, -0.05) is 6.42 Å². The van der Waals surface area contributed by atoms with Crippen LogP contribution in [0.1, 0.15) is 43.2 Å². The molecule has 26 heavy (non-hydrogen) atoms. The summed E-state index contributed by atoms with van der Waals surface area (Å²) in [4.78, 5) is 14.2. The first-order valence-electron chi connectivity index (χ1n) is 8.65. The number of benzene rings is 1. The van der Waals surface area contributed by atoms with Crippen molar-refractivity contribution in [3.8, 4) is 0 Å². The fourth-order valence-electron chi connectivity index (χ4n) is 3.93. The molecule has 1 aromatic carbocycles. The number of rotatable bonds is 1. The van der Waals surface area contributed by atoms with Crippen LogP contribution in [0.2, 0.25) is 0 Å². The van der Waals surface area contributed by atoms with Crippen LogP contribution in [0.15, 0.2) is 18.2 Å². The van der Waals surface area contributed by atoms with Crippen LogP contribution in [-0.2, 0) is 17.4 Å². The van der Waals surface area contributed by atoms with Crippen molar-refractivity contribution in [1.82, 2.24) is 0 Å². The lowest BCUT2D eigenvalue weighted by molar-refractivity contribution is -0.186. The first-order chi connectivity index (χ1) is 12.1. The zero-order chi connectivity index (χ0) is 19.1. The highest BCUT2D eigenvalue weighted by Crippen LogP contribution is 2.42. The van der Waals surface area contributed by atoms with Gasteiger partial charge in [-0.15, -0.1) is 0 Å². The van der Waals surface area contributed by atoms with E-state index in [1.54, 1.807) is 0 Å². The second-order valence-electron chi connectivity index (χ2n) is 7.04. The lowest BCUT2D eigenvalue weighted by atomic mass is 9.80. The number of anilines is 1. The molecule has 2 atom stereocenters. The Morgan fingerprint density at radius 3 is 2.42 bits per heavy atom. The summed E-state index contributed by atoms with van der Waals surface area (Å²) in [5.41, 5.74) is 0.0336. The van der Waals surface area contributed by atoms with E-state index < -0.39 is 35.7 Å². The van der Waals surface area contributed by atoms with E-state index in [2.05, 4.69) is 0 Å². The quantitative estimate of drug-likeness (QED) is 0.602. The van der Waals surface area contributed by atoms with E-state index in [1.165, 1.54) is 11.0 Å². The van der Waals surface area contributed by atoms with Crippen LogP contribution in [0, 0.1) is 11.8 Å². The Morgan fingerprint density at radius 2 is 1.77 bits per heavy atom. The Labute approximate surface area is 147 Å². The number of halogens is 6. The molecule has 2 unspecified atom stereocenters. The van der Waals surface area contributed by atoms with E-state index in [-0.39, 0.29) is 12.8 Å². The van der Waals surface area contributed by atoms with Crippen LogP contribution in [0.5, 0.6) is 0 Å². The van der Waals surface area contributed by atoms with Gasteiger partial charge in [0.25, 0.3) is 0 Å². The number of amides is 1. The van der Waals surface area contributed by atoms with E-state index in [4.69, 9.17) is 0 Å². The van der Waals surface area contributed by atoms with E-state index in [9.17, 15) is 31.1 Å². The largest absolute Gasteiger partial charge is 0.416 e. The van der Waals surface area contributed by atoms with Crippen molar-refractivity contribution in [2.45, 2.75) is 50.9 Å². The van der Waals surface area contributed by atoms with Crippen molar-refractivity contribution in [2.24, 2.45) is 11.8 Å². The molecule has 1 fully saturated rings. The molecule has 1 heterocycles. The highest BCUT2D eigenvalue weighted by atomic mass is 19.4. The molecule has 144 valence electrons. The lowest BCUT2D eigenvalue weighted by Crippen LogP contribution is -2.42. The molecule has 1 aromatic rings. The van der Waals surface area contributed by atoms with Crippen molar-refractivity contribution < 1.29 is 31.1 Å². The molecule has 1 aliphatic heterocycles. The molecule has 0 spiro atoms. The van der Waals surface area contributed by atoms with Crippen LogP contribution >= 0.6 is 0 Å². The molecule has 8 heteroatoms. The average molecular weight is 379 g/mol. The smallest absolute Gasteiger partial charge is 0.312 e. The zero-order valence-electron chi connectivity index (χ0n) is 14.0. The Kier molecular flexibility index (Phi) is 4.96. The minimum Gasteiger partial charge on any atom is -0.312 e. The summed E-state index contributed by atoms with van der Waals surface area (Å²) in [6, 6.07) is 3.22. The second kappa shape index (κ2) is 6.78. The molecule has 1 amide bonds. The third-order valence-electron chi connectivity index (χ3n) is 5.28. The van der Waals surface area contributed by atoms with E-state index in [1.807, 2.05) is 0 Å². The monoisotopic (exact) mass is 379 g/mol. The summed E-state index contributed by atoms with van der Waals surface area (Å²) < 4.78 is 77.6. The summed E-state index contributed by atoms with van der Waals surface area (Å²) in [6.07, 6.45) is -7.38. The number of nitrogens with zero attached hydrogens (tertiary/aromatic N) is 1. The number of aryl methyl sites for hydroxylation is 1. The van der Waals surface area contributed by atoms with Gasteiger partial charge in [0.2, 0.25) is 5.91 Å². The van der Waals surface area contributed by atoms with Gasteiger partial charge in [-0.05, 0) is 55.9 Å². The third-order valence-corrected chi connectivity index (χ3v) is 5.28. The van der Waals surface area contributed by atoms with Gasteiger partial charge in [0.15, 0.2) is 0 Å². The Hall–Kier alpha value is -1.73. The number of hydrogen-bond donors (Lipinski definition) is 0. The van der Waals surface area contributed by atoms with Gasteiger partial charge in [-0.3, -0.25) is 4.79 Å². The number of hydrogen-bond acceptors (Lipinski definition) is 1. The predicted molar refractivity (Wildman–Crippen MR) is 83.6 cm³/mol. The van der Waals surface area contributed by atoms with Gasteiger partial charge >= 0.3 is 12.4 Å². The second-order valence-corrected chi connectivity index (χ2v) is 7.04. The van der Waals surface area contributed by atoms with Crippen LogP contribution in [0.4, 0.5) is 32.0 Å². The van der Waals surface area contributed by atoms with E-state index in [0.717, 1.165) is 12.1 Å². The molecular formula is C18H19F6NO. The van der Waals surface area contributed by atoms with Crippen LogP contribution in [0.25, 0.3) is 0 Å². The van der Waals surface area contributed by atoms with Crippen molar-refractivity contribution >= 4 is 11.6 Å². The molecule has 1 saturated carbocycles. The summed E-state index contributed by atoms with van der Waals surface area (Å²) in [5, 5.41) is 0. The van der Waals surface area contributed by atoms with E-state index in [0.29, 0.717) is 43.5 Å². The van der Waals surface area contributed by atoms with E-state index >= 15 is 0 Å². The molecule has 3 rings (SSSR count). The first kappa shape index (κ1) is 19.0. The number of alkyl halides is 6. The normalized spacial score (nSPS) is 24.3. The molecule has 0 N–H and O–H groups in total. The first-order valence-corrected chi connectivity index (χ1v) is 8.65.